The summed E-state index contributed by atoms with van der Waals surface area (Å²) in [6.07, 6.45) is 4.86. The fourth-order valence-corrected chi connectivity index (χ4v) is 1.85. The number of carbonyl (C=O) groups is 1. The van der Waals surface area contributed by atoms with Gasteiger partial charge < -0.3 is 4.74 Å². The van der Waals surface area contributed by atoms with Gasteiger partial charge in [-0.15, -0.1) is 0 Å². The number of likely N-dealkylation sites (N-methyl/N-ethyl adjacent to an activating group) is 1. The lowest BCUT2D eigenvalue weighted by Gasteiger charge is -2.32. The average molecular weight is 212 g/mol. The fourth-order valence-electron chi connectivity index (χ4n) is 1.85. The Balaban J connectivity index is 2.44. The van der Waals surface area contributed by atoms with E-state index in [2.05, 4.69) is 16.8 Å². The summed E-state index contributed by atoms with van der Waals surface area (Å²) < 4.78 is 5.04. The van der Waals surface area contributed by atoms with E-state index in [0.29, 0.717) is 0 Å². The zero-order valence-electron chi connectivity index (χ0n) is 9.37. The number of nitrogens with one attached hydrogen (secondary N) is 1. The highest BCUT2D eigenvalue weighted by atomic mass is 16.5. The molecule has 0 aliphatic carbocycles. The lowest BCUT2D eigenvalue weighted by molar-refractivity contribution is -0.150. The minimum atomic E-state index is -0.301. The Morgan fingerprint density at radius 1 is 1.53 bits per heavy atom. The van der Waals surface area contributed by atoms with Crippen molar-refractivity contribution >= 4 is 5.97 Å². The highest BCUT2D eigenvalue weighted by Gasteiger charge is 2.26. The standard InChI is InChI=1S/C11H20N2O2/c1-3-9-15-11(14)10(12-2)13-7-5-4-6-8-13/h3,10,12H,1,4-9H2,2H3. The molecule has 0 aromatic rings. The quantitative estimate of drug-likeness (QED) is 0.539. The molecule has 0 radical (unpaired) electrons. The zero-order valence-corrected chi connectivity index (χ0v) is 9.37. The smallest absolute Gasteiger partial charge is 0.338 e. The lowest BCUT2D eigenvalue weighted by atomic mass is 10.1. The van der Waals surface area contributed by atoms with Crippen LogP contribution >= 0.6 is 0 Å². The second kappa shape index (κ2) is 6.58. The van der Waals surface area contributed by atoms with Crippen LogP contribution in [-0.2, 0) is 9.53 Å². The molecule has 0 amide bonds. The molecule has 1 aliphatic heterocycles. The van der Waals surface area contributed by atoms with Crippen LogP contribution in [0.1, 0.15) is 19.3 Å². The molecule has 1 rings (SSSR count). The van der Waals surface area contributed by atoms with Crippen LogP contribution in [0.15, 0.2) is 12.7 Å². The van der Waals surface area contributed by atoms with Gasteiger partial charge in [0.2, 0.25) is 0 Å². The first-order valence-corrected chi connectivity index (χ1v) is 5.48. The third kappa shape index (κ3) is 3.64. The van der Waals surface area contributed by atoms with E-state index in [4.69, 9.17) is 4.74 Å². The van der Waals surface area contributed by atoms with E-state index in [-0.39, 0.29) is 18.7 Å². The van der Waals surface area contributed by atoms with E-state index in [0.717, 1.165) is 25.9 Å². The minimum absolute atomic E-state index is 0.209. The predicted octanol–water partition coefficient (Wildman–Crippen LogP) is 0.747. The van der Waals surface area contributed by atoms with Gasteiger partial charge in [-0.1, -0.05) is 19.1 Å². The van der Waals surface area contributed by atoms with Gasteiger partial charge in [-0.25, -0.2) is 4.79 Å². The number of nitrogens with zero attached hydrogens (tertiary/aromatic N) is 1. The molecule has 4 heteroatoms. The van der Waals surface area contributed by atoms with E-state index in [9.17, 15) is 4.79 Å². The van der Waals surface area contributed by atoms with Crippen molar-refractivity contribution in [2.75, 3.05) is 26.7 Å². The van der Waals surface area contributed by atoms with Crippen molar-refractivity contribution in [3.63, 3.8) is 0 Å². The normalized spacial score (nSPS) is 19.5. The molecule has 15 heavy (non-hydrogen) atoms. The van der Waals surface area contributed by atoms with Gasteiger partial charge in [0.15, 0.2) is 6.17 Å². The summed E-state index contributed by atoms with van der Waals surface area (Å²) in [6, 6.07) is 0. The first-order chi connectivity index (χ1) is 7.29. The molecule has 4 nitrogen and oxygen atoms in total. The molecule has 86 valence electrons. The van der Waals surface area contributed by atoms with Gasteiger partial charge in [-0.05, 0) is 19.9 Å². The van der Waals surface area contributed by atoms with Crippen LogP contribution in [0.25, 0.3) is 0 Å². The molecule has 0 bridgehead atoms. The first kappa shape index (κ1) is 12.2. The second-order valence-electron chi connectivity index (χ2n) is 3.71. The molecule has 1 fully saturated rings. The molecule has 1 N–H and O–H groups in total. The van der Waals surface area contributed by atoms with Crippen LogP contribution in [-0.4, -0.2) is 43.8 Å². The summed E-state index contributed by atoms with van der Waals surface area (Å²) in [5.74, 6) is -0.209. The van der Waals surface area contributed by atoms with Crippen LogP contribution in [0.2, 0.25) is 0 Å². The Morgan fingerprint density at radius 3 is 2.73 bits per heavy atom. The second-order valence-corrected chi connectivity index (χ2v) is 3.71. The number of hydrogen-bond acceptors (Lipinski definition) is 4. The largest absolute Gasteiger partial charge is 0.459 e. The minimum Gasteiger partial charge on any atom is -0.459 e. The zero-order chi connectivity index (χ0) is 11.1. The van der Waals surface area contributed by atoms with Gasteiger partial charge in [-0.3, -0.25) is 10.2 Å². The fraction of sp³-hybridized carbons (Fsp3) is 0.727. The summed E-state index contributed by atoms with van der Waals surface area (Å²) in [4.78, 5) is 13.8. The monoisotopic (exact) mass is 212 g/mol. The van der Waals surface area contributed by atoms with Crippen LogP contribution in [0.4, 0.5) is 0 Å². The lowest BCUT2D eigenvalue weighted by Crippen LogP contribution is -2.52. The Bertz CT molecular complexity index is 213. The Kier molecular flexibility index (Phi) is 5.36. The van der Waals surface area contributed by atoms with E-state index < -0.39 is 0 Å². The van der Waals surface area contributed by atoms with Crippen molar-refractivity contribution in [2.45, 2.75) is 25.4 Å². The van der Waals surface area contributed by atoms with Crippen LogP contribution < -0.4 is 5.32 Å². The topological polar surface area (TPSA) is 41.6 Å². The number of rotatable bonds is 5. The van der Waals surface area contributed by atoms with E-state index in [1.54, 1.807) is 13.1 Å². The van der Waals surface area contributed by atoms with E-state index >= 15 is 0 Å². The van der Waals surface area contributed by atoms with Crippen LogP contribution in [0.3, 0.4) is 0 Å². The summed E-state index contributed by atoms with van der Waals surface area (Å²) in [5.41, 5.74) is 0. The van der Waals surface area contributed by atoms with Crippen molar-refractivity contribution in [1.29, 1.82) is 0 Å². The summed E-state index contributed by atoms with van der Waals surface area (Å²) in [6.45, 7) is 5.74. The van der Waals surface area contributed by atoms with Gasteiger partial charge in [0.25, 0.3) is 0 Å². The SMILES string of the molecule is C=CCOC(=O)C(NC)N1CCCCC1. The van der Waals surface area contributed by atoms with Gasteiger partial charge in [0, 0.05) is 13.1 Å². The highest BCUT2D eigenvalue weighted by molar-refractivity contribution is 5.75. The van der Waals surface area contributed by atoms with Gasteiger partial charge >= 0.3 is 5.97 Å². The maximum absolute atomic E-state index is 11.7. The first-order valence-electron chi connectivity index (χ1n) is 5.48. The molecule has 0 aromatic carbocycles. The molecule has 1 atom stereocenters. The number of carbonyl (C=O) groups excluding carboxylic acids is 1. The van der Waals surface area contributed by atoms with E-state index in [1.165, 1.54) is 6.42 Å². The highest BCUT2D eigenvalue weighted by Crippen LogP contribution is 2.11. The molecular formula is C11H20N2O2. The predicted molar refractivity (Wildman–Crippen MR) is 59.4 cm³/mol. The third-order valence-electron chi connectivity index (χ3n) is 2.60. The van der Waals surface area contributed by atoms with Crippen molar-refractivity contribution in [3.05, 3.63) is 12.7 Å². The number of hydrogen-bond donors (Lipinski definition) is 1. The summed E-state index contributed by atoms with van der Waals surface area (Å²) >= 11 is 0. The third-order valence-corrected chi connectivity index (χ3v) is 2.60. The molecule has 0 saturated carbocycles. The van der Waals surface area contributed by atoms with Crippen molar-refractivity contribution in [3.8, 4) is 0 Å². The molecule has 1 unspecified atom stereocenters. The maximum Gasteiger partial charge on any atom is 0.338 e. The Morgan fingerprint density at radius 2 is 2.20 bits per heavy atom. The number of likely N-dealkylation sites (tertiary alicyclic amines) is 1. The average Bonchev–Trinajstić information content (AvgIpc) is 2.29. The van der Waals surface area contributed by atoms with Crippen LogP contribution in [0.5, 0.6) is 0 Å². The van der Waals surface area contributed by atoms with Crippen molar-refractivity contribution in [1.82, 2.24) is 10.2 Å². The van der Waals surface area contributed by atoms with Gasteiger partial charge in [0.1, 0.15) is 6.61 Å². The molecule has 1 saturated heterocycles. The van der Waals surface area contributed by atoms with Gasteiger partial charge in [0.05, 0.1) is 0 Å². The molecule has 0 spiro atoms. The number of piperidine rings is 1. The van der Waals surface area contributed by atoms with Crippen molar-refractivity contribution < 1.29 is 9.53 Å². The maximum atomic E-state index is 11.7. The molecular weight excluding hydrogens is 192 g/mol. The number of ether oxygens (including phenoxy) is 1. The van der Waals surface area contributed by atoms with Crippen molar-refractivity contribution in [2.24, 2.45) is 0 Å². The Hall–Kier alpha value is -0.870. The summed E-state index contributed by atoms with van der Waals surface area (Å²) in [5, 5.41) is 3.00. The number of esters is 1. The van der Waals surface area contributed by atoms with Gasteiger partial charge in [-0.2, -0.15) is 0 Å². The van der Waals surface area contributed by atoms with E-state index in [1.807, 2.05) is 0 Å². The molecule has 0 aromatic heterocycles. The Labute approximate surface area is 91.3 Å². The van der Waals surface area contributed by atoms with Crippen LogP contribution in [0, 0.1) is 0 Å². The summed E-state index contributed by atoms with van der Waals surface area (Å²) in [7, 11) is 1.79. The molecule has 1 aliphatic rings. The molecule has 1 heterocycles.